The fourth-order valence-electron chi connectivity index (χ4n) is 3.85. The molecule has 7 nitrogen and oxygen atoms in total. The average molecular weight is 484 g/mol. The number of fused-ring (bicyclic) bond motifs is 3. The first-order chi connectivity index (χ1) is 16.0. The minimum Gasteiger partial charge on any atom is -0.462 e. The summed E-state index contributed by atoms with van der Waals surface area (Å²) in [4.78, 5) is 44.3. The van der Waals surface area contributed by atoms with Gasteiger partial charge in [-0.3, -0.25) is 14.2 Å². The van der Waals surface area contributed by atoms with Crippen LogP contribution in [-0.2, 0) is 28.9 Å². The van der Waals surface area contributed by atoms with Crippen LogP contribution in [0.2, 0.25) is 0 Å². The van der Waals surface area contributed by atoms with Crippen molar-refractivity contribution in [3.63, 3.8) is 0 Å². The third kappa shape index (κ3) is 5.04. The molecule has 4 rings (SSSR count). The maximum atomic E-state index is 13.3. The number of nitrogens with one attached hydrogen (secondary N) is 1. The van der Waals surface area contributed by atoms with Gasteiger partial charge in [-0.1, -0.05) is 17.8 Å². The summed E-state index contributed by atoms with van der Waals surface area (Å²) in [6.07, 6.45) is 5.82. The summed E-state index contributed by atoms with van der Waals surface area (Å²) in [5, 5.41) is 4.05. The zero-order chi connectivity index (χ0) is 23.4. The maximum absolute atomic E-state index is 13.3. The monoisotopic (exact) mass is 483 g/mol. The molecule has 0 fully saturated rings. The predicted octanol–water partition coefficient (Wildman–Crippen LogP) is 4.43. The van der Waals surface area contributed by atoms with Gasteiger partial charge in [0.2, 0.25) is 5.91 Å². The normalized spacial score (nSPS) is 12.9. The molecule has 2 heterocycles. The van der Waals surface area contributed by atoms with Crippen LogP contribution < -0.4 is 10.9 Å². The van der Waals surface area contributed by atoms with Crippen molar-refractivity contribution in [1.29, 1.82) is 0 Å². The molecule has 2 aromatic heterocycles. The van der Waals surface area contributed by atoms with Gasteiger partial charge in [-0.25, -0.2) is 9.78 Å². The maximum Gasteiger partial charge on any atom is 0.338 e. The highest BCUT2D eigenvalue weighted by Crippen LogP contribution is 2.34. The molecule has 0 radical (unpaired) electrons. The first-order valence-corrected chi connectivity index (χ1v) is 12.7. The Labute approximate surface area is 199 Å². The quantitative estimate of drug-likeness (QED) is 0.221. The molecule has 9 heteroatoms. The van der Waals surface area contributed by atoms with E-state index in [1.54, 1.807) is 53.2 Å². The third-order valence-corrected chi connectivity index (χ3v) is 7.53. The highest BCUT2D eigenvalue weighted by atomic mass is 32.2. The Morgan fingerprint density at radius 2 is 2.03 bits per heavy atom. The standard InChI is InChI=1S/C24H25N3O4S2/c1-3-13-27-22(29)20-17-7-5-6-8-18(17)33-21(20)26-24(27)32-14-19(28)25-16-11-9-15(10-12-16)23(30)31-4-2/h3,9-12H,1,4-8,13-14H2,2H3,(H,25,28). The molecule has 0 unspecified atom stereocenters. The number of aromatic nitrogens is 2. The number of carbonyl (C=O) groups excluding carboxylic acids is 2. The van der Waals surface area contributed by atoms with Gasteiger partial charge in [-0.05, 0) is 62.4 Å². The van der Waals surface area contributed by atoms with E-state index in [4.69, 9.17) is 9.72 Å². The van der Waals surface area contributed by atoms with E-state index in [1.807, 2.05) is 0 Å². The Hall–Kier alpha value is -2.91. The lowest BCUT2D eigenvalue weighted by atomic mass is 9.97. The van der Waals surface area contributed by atoms with Crippen LogP contribution in [0, 0.1) is 0 Å². The van der Waals surface area contributed by atoms with Crippen molar-refractivity contribution < 1.29 is 14.3 Å². The first kappa shape index (κ1) is 23.3. The van der Waals surface area contributed by atoms with Crippen molar-refractivity contribution in [2.75, 3.05) is 17.7 Å². The number of benzene rings is 1. The van der Waals surface area contributed by atoms with E-state index in [9.17, 15) is 14.4 Å². The molecule has 0 bridgehead atoms. The zero-order valence-corrected chi connectivity index (χ0v) is 20.0. The SMILES string of the molecule is C=CCn1c(SCC(=O)Nc2ccc(C(=O)OCC)cc2)nc2sc3c(c2c1=O)CCCC3. The summed E-state index contributed by atoms with van der Waals surface area (Å²) in [6, 6.07) is 6.53. The number of amides is 1. The summed E-state index contributed by atoms with van der Waals surface area (Å²) in [7, 11) is 0. The van der Waals surface area contributed by atoms with Crippen LogP contribution in [0.25, 0.3) is 10.2 Å². The van der Waals surface area contributed by atoms with E-state index in [2.05, 4.69) is 11.9 Å². The molecule has 1 N–H and O–H groups in total. The van der Waals surface area contributed by atoms with Crippen molar-refractivity contribution in [2.24, 2.45) is 0 Å². The van der Waals surface area contributed by atoms with E-state index in [0.717, 1.165) is 41.5 Å². The zero-order valence-electron chi connectivity index (χ0n) is 18.4. The smallest absolute Gasteiger partial charge is 0.338 e. The molecule has 1 aliphatic carbocycles. The van der Waals surface area contributed by atoms with Crippen LogP contribution in [0.1, 0.15) is 40.6 Å². The fourth-order valence-corrected chi connectivity index (χ4v) is 5.96. The molecule has 33 heavy (non-hydrogen) atoms. The third-order valence-electron chi connectivity index (χ3n) is 5.36. The van der Waals surface area contributed by atoms with Crippen LogP contribution in [0.15, 0.2) is 46.9 Å². The second-order valence-corrected chi connectivity index (χ2v) is 9.65. The summed E-state index contributed by atoms with van der Waals surface area (Å²) >= 11 is 2.83. The van der Waals surface area contributed by atoms with Crippen LogP contribution in [-0.4, -0.2) is 33.8 Å². The summed E-state index contributed by atoms with van der Waals surface area (Å²) in [5.74, 6) is -0.531. The Bertz CT molecular complexity index is 1260. The summed E-state index contributed by atoms with van der Waals surface area (Å²) in [6.45, 7) is 6.16. The van der Waals surface area contributed by atoms with Crippen LogP contribution in [0.4, 0.5) is 5.69 Å². The van der Waals surface area contributed by atoms with Crippen LogP contribution in [0.3, 0.4) is 0 Å². The molecular formula is C24H25N3O4S2. The van der Waals surface area contributed by atoms with Gasteiger partial charge < -0.3 is 10.1 Å². The minimum absolute atomic E-state index is 0.0586. The lowest BCUT2D eigenvalue weighted by Gasteiger charge is -2.12. The van der Waals surface area contributed by atoms with E-state index in [0.29, 0.717) is 29.6 Å². The number of thiophene rings is 1. The summed E-state index contributed by atoms with van der Waals surface area (Å²) in [5.41, 5.74) is 2.09. The van der Waals surface area contributed by atoms with Gasteiger partial charge in [-0.15, -0.1) is 17.9 Å². The number of esters is 1. The Morgan fingerprint density at radius 1 is 1.27 bits per heavy atom. The van der Waals surface area contributed by atoms with Crippen LogP contribution >= 0.6 is 23.1 Å². The lowest BCUT2D eigenvalue weighted by molar-refractivity contribution is -0.113. The molecule has 0 saturated heterocycles. The first-order valence-electron chi connectivity index (χ1n) is 10.9. The van der Waals surface area contributed by atoms with Gasteiger partial charge in [0.1, 0.15) is 4.83 Å². The number of ether oxygens (including phenoxy) is 1. The lowest BCUT2D eigenvalue weighted by Crippen LogP contribution is -2.24. The molecule has 0 atom stereocenters. The van der Waals surface area contributed by atoms with E-state index in [-0.39, 0.29) is 17.2 Å². The van der Waals surface area contributed by atoms with Crippen molar-refractivity contribution in [2.45, 2.75) is 44.3 Å². The Morgan fingerprint density at radius 3 is 2.76 bits per heavy atom. The molecule has 0 aliphatic heterocycles. The van der Waals surface area contributed by atoms with Crippen LogP contribution in [0.5, 0.6) is 0 Å². The van der Waals surface area contributed by atoms with Crippen molar-refractivity contribution in [3.05, 3.63) is 63.3 Å². The number of hydrogen-bond donors (Lipinski definition) is 1. The fraction of sp³-hybridized carbons (Fsp3) is 0.333. The largest absolute Gasteiger partial charge is 0.462 e. The van der Waals surface area contributed by atoms with Gasteiger partial charge in [0.25, 0.3) is 5.56 Å². The van der Waals surface area contributed by atoms with E-state index >= 15 is 0 Å². The van der Waals surface area contributed by atoms with Gasteiger partial charge in [-0.2, -0.15) is 0 Å². The second kappa shape index (κ2) is 10.4. The molecule has 1 aliphatic rings. The van der Waals surface area contributed by atoms with Crippen molar-refractivity contribution in [1.82, 2.24) is 9.55 Å². The number of allylic oxidation sites excluding steroid dienone is 1. The van der Waals surface area contributed by atoms with Gasteiger partial charge in [0.05, 0.1) is 23.3 Å². The number of anilines is 1. The number of hydrogen-bond acceptors (Lipinski definition) is 7. The average Bonchev–Trinajstić information content (AvgIpc) is 3.19. The number of carbonyl (C=O) groups is 2. The molecule has 0 spiro atoms. The Kier molecular flexibility index (Phi) is 7.29. The van der Waals surface area contributed by atoms with Gasteiger partial charge in [0.15, 0.2) is 5.16 Å². The highest BCUT2D eigenvalue weighted by Gasteiger charge is 2.22. The highest BCUT2D eigenvalue weighted by molar-refractivity contribution is 7.99. The summed E-state index contributed by atoms with van der Waals surface area (Å²) < 4.78 is 6.56. The number of thioether (sulfide) groups is 1. The molecule has 0 saturated carbocycles. The number of rotatable bonds is 8. The number of nitrogens with zero attached hydrogens (tertiary/aromatic N) is 2. The molecule has 172 valence electrons. The molecule has 1 amide bonds. The van der Waals surface area contributed by atoms with E-state index in [1.165, 1.54) is 16.6 Å². The topological polar surface area (TPSA) is 90.3 Å². The minimum atomic E-state index is -0.400. The van der Waals surface area contributed by atoms with Crippen molar-refractivity contribution >= 4 is 50.9 Å². The second-order valence-electron chi connectivity index (χ2n) is 7.62. The van der Waals surface area contributed by atoms with Gasteiger partial charge >= 0.3 is 5.97 Å². The predicted molar refractivity (Wildman–Crippen MR) is 132 cm³/mol. The van der Waals surface area contributed by atoms with Crippen molar-refractivity contribution in [3.8, 4) is 0 Å². The van der Waals surface area contributed by atoms with E-state index < -0.39 is 5.97 Å². The molecule has 1 aromatic carbocycles. The number of aryl methyl sites for hydroxylation is 2. The molecular weight excluding hydrogens is 458 g/mol. The Balaban J connectivity index is 1.50. The van der Waals surface area contributed by atoms with Gasteiger partial charge in [0, 0.05) is 17.1 Å². The molecule has 3 aromatic rings.